The monoisotopic (exact) mass is 356 g/mol. The van der Waals surface area contributed by atoms with Crippen molar-refractivity contribution in [1.82, 2.24) is 0 Å². The van der Waals surface area contributed by atoms with Crippen molar-refractivity contribution in [3.63, 3.8) is 0 Å². The third kappa shape index (κ3) is 5.19. The molecule has 2 rings (SSSR count). The van der Waals surface area contributed by atoms with Crippen molar-refractivity contribution < 1.29 is 28.3 Å². The van der Waals surface area contributed by atoms with Gasteiger partial charge in [0.2, 0.25) is 0 Å². The van der Waals surface area contributed by atoms with Crippen LogP contribution in [0.4, 0.5) is 0 Å². The lowest BCUT2D eigenvalue weighted by molar-refractivity contribution is -0.147. The van der Waals surface area contributed by atoms with E-state index < -0.39 is 5.79 Å². The Bertz CT molecular complexity index is 460. The Balaban J connectivity index is 1.85. The van der Waals surface area contributed by atoms with Gasteiger partial charge in [-0.3, -0.25) is 4.79 Å². The zero-order valence-electron chi connectivity index (χ0n) is 16.7. The molecule has 0 aromatic heterocycles. The zero-order chi connectivity index (χ0) is 18.9. The van der Waals surface area contributed by atoms with Gasteiger partial charge in [0, 0.05) is 6.42 Å². The third-order valence-corrected chi connectivity index (χ3v) is 5.37. The second-order valence-corrected chi connectivity index (χ2v) is 8.44. The first-order chi connectivity index (χ1) is 11.5. The molecule has 2 saturated heterocycles. The molecule has 0 bridgehead atoms. The summed E-state index contributed by atoms with van der Waals surface area (Å²) in [4.78, 5) is 11.3. The minimum atomic E-state index is -0.601. The third-order valence-electron chi connectivity index (χ3n) is 5.37. The summed E-state index contributed by atoms with van der Waals surface area (Å²) in [6, 6.07) is 0. The van der Waals surface area contributed by atoms with E-state index in [0.29, 0.717) is 6.42 Å². The molecule has 2 heterocycles. The van der Waals surface area contributed by atoms with Crippen LogP contribution in [0.2, 0.25) is 6.32 Å². The van der Waals surface area contributed by atoms with Gasteiger partial charge in [0.1, 0.15) is 0 Å². The van der Waals surface area contributed by atoms with Crippen molar-refractivity contribution in [3.8, 4) is 0 Å². The highest BCUT2D eigenvalue weighted by Crippen LogP contribution is 2.39. The van der Waals surface area contributed by atoms with Gasteiger partial charge in [-0.1, -0.05) is 0 Å². The smallest absolute Gasteiger partial charge is 0.457 e. The Labute approximate surface area is 152 Å². The molecule has 0 unspecified atom stereocenters. The minimum Gasteiger partial charge on any atom is -0.469 e. The predicted molar refractivity (Wildman–Crippen MR) is 95.2 cm³/mol. The number of carbonyl (C=O) groups excluding carboxylic acids is 1. The first kappa shape index (κ1) is 20.7. The van der Waals surface area contributed by atoms with Crippen molar-refractivity contribution in [1.29, 1.82) is 0 Å². The maximum atomic E-state index is 11.3. The number of methoxy groups -OCH3 is 1. The van der Waals surface area contributed by atoms with Crippen LogP contribution >= 0.6 is 0 Å². The molecule has 2 aliphatic heterocycles. The van der Waals surface area contributed by atoms with Crippen LogP contribution in [0.15, 0.2) is 0 Å². The van der Waals surface area contributed by atoms with Crippen molar-refractivity contribution in [2.75, 3.05) is 7.11 Å². The summed E-state index contributed by atoms with van der Waals surface area (Å²) in [5.74, 6) is -0.789. The molecule has 0 aliphatic carbocycles. The van der Waals surface area contributed by atoms with E-state index in [1.165, 1.54) is 7.11 Å². The highest BCUT2D eigenvalue weighted by atomic mass is 16.8. The second-order valence-electron chi connectivity index (χ2n) is 8.44. The zero-order valence-corrected chi connectivity index (χ0v) is 16.7. The molecule has 2 atom stereocenters. The Morgan fingerprint density at radius 3 is 2.00 bits per heavy atom. The Hall–Kier alpha value is -0.625. The Morgan fingerprint density at radius 1 is 0.960 bits per heavy atom. The standard InChI is InChI=1S/C18H33BO6/c1-16(2)17(3,4)25-19(24-16)12-11-14-13(22-18(5,6)23-14)9-8-10-15(20)21-7/h13-14H,8-12H2,1-7H3/t13-,14+/m0/s1. The Kier molecular flexibility index (Phi) is 6.24. The molecule has 0 aromatic carbocycles. The predicted octanol–water partition coefficient (Wildman–Crippen LogP) is 3.33. The number of ether oxygens (including phenoxy) is 3. The molecule has 0 amide bonds. The van der Waals surface area contributed by atoms with Crippen molar-refractivity contribution in [2.45, 2.75) is 103 Å². The van der Waals surface area contributed by atoms with E-state index in [1.54, 1.807) is 0 Å². The molecule has 7 heteroatoms. The number of esters is 1. The SMILES string of the molecule is COC(=O)CCC[C@@H]1OC(C)(C)O[C@@H]1CCB1OC(C)(C)C(C)(C)O1. The summed E-state index contributed by atoms with van der Waals surface area (Å²) in [6.07, 6.45) is 3.40. The average Bonchev–Trinajstić information content (AvgIpc) is 2.88. The number of hydrogen-bond acceptors (Lipinski definition) is 6. The summed E-state index contributed by atoms with van der Waals surface area (Å²) in [5, 5.41) is 0. The molecule has 0 saturated carbocycles. The van der Waals surface area contributed by atoms with Gasteiger partial charge in [0.05, 0.1) is 30.5 Å². The lowest BCUT2D eigenvalue weighted by Gasteiger charge is -2.32. The van der Waals surface area contributed by atoms with E-state index in [1.807, 2.05) is 13.8 Å². The van der Waals surface area contributed by atoms with Crippen LogP contribution in [0, 0.1) is 0 Å². The van der Waals surface area contributed by atoms with E-state index in [-0.39, 0.29) is 36.5 Å². The molecule has 144 valence electrons. The highest BCUT2D eigenvalue weighted by Gasteiger charge is 2.51. The van der Waals surface area contributed by atoms with Crippen molar-refractivity contribution >= 4 is 13.1 Å². The van der Waals surface area contributed by atoms with E-state index in [0.717, 1.165) is 25.6 Å². The van der Waals surface area contributed by atoms with Gasteiger partial charge >= 0.3 is 13.1 Å². The van der Waals surface area contributed by atoms with Gasteiger partial charge in [-0.2, -0.15) is 0 Å². The van der Waals surface area contributed by atoms with E-state index in [9.17, 15) is 4.79 Å². The highest BCUT2D eigenvalue weighted by molar-refractivity contribution is 6.45. The fraction of sp³-hybridized carbons (Fsp3) is 0.944. The summed E-state index contributed by atoms with van der Waals surface area (Å²) < 4.78 is 28.9. The topological polar surface area (TPSA) is 63.2 Å². The summed E-state index contributed by atoms with van der Waals surface area (Å²) in [6.45, 7) is 12.1. The van der Waals surface area contributed by atoms with Crippen LogP contribution in [0.3, 0.4) is 0 Å². The average molecular weight is 356 g/mol. The largest absolute Gasteiger partial charge is 0.469 e. The van der Waals surface area contributed by atoms with Gasteiger partial charge in [-0.05, 0) is 67.1 Å². The molecule has 0 N–H and O–H groups in total. The maximum Gasteiger partial charge on any atom is 0.457 e. The second kappa shape index (κ2) is 7.55. The Morgan fingerprint density at radius 2 is 1.48 bits per heavy atom. The maximum absolute atomic E-state index is 11.3. The molecule has 0 spiro atoms. The molecule has 25 heavy (non-hydrogen) atoms. The van der Waals surface area contributed by atoms with Gasteiger partial charge in [-0.15, -0.1) is 0 Å². The molecule has 0 aromatic rings. The van der Waals surface area contributed by atoms with Crippen LogP contribution < -0.4 is 0 Å². The van der Waals surface area contributed by atoms with Crippen molar-refractivity contribution in [3.05, 3.63) is 0 Å². The normalized spacial score (nSPS) is 29.8. The van der Waals surface area contributed by atoms with Crippen LogP contribution in [0.25, 0.3) is 0 Å². The number of rotatable bonds is 7. The fourth-order valence-electron chi connectivity index (χ4n) is 3.33. The summed E-state index contributed by atoms with van der Waals surface area (Å²) in [5.41, 5.74) is -0.631. The number of hydrogen-bond donors (Lipinski definition) is 0. The first-order valence-corrected chi connectivity index (χ1v) is 9.24. The molecule has 2 fully saturated rings. The van der Waals surface area contributed by atoms with Crippen LogP contribution in [0.5, 0.6) is 0 Å². The minimum absolute atomic E-state index is 0.0216. The quantitative estimate of drug-likeness (QED) is 0.515. The summed E-state index contributed by atoms with van der Waals surface area (Å²) >= 11 is 0. The van der Waals surface area contributed by atoms with Crippen molar-refractivity contribution in [2.24, 2.45) is 0 Å². The molecule has 0 radical (unpaired) electrons. The summed E-state index contributed by atoms with van der Waals surface area (Å²) in [7, 11) is 1.18. The van der Waals surface area contributed by atoms with E-state index in [2.05, 4.69) is 27.7 Å². The van der Waals surface area contributed by atoms with E-state index >= 15 is 0 Å². The molecular formula is C18H33BO6. The molecule has 2 aliphatic rings. The van der Waals surface area contributed by atoms with E-state index in [4.69, 9.17) is 23.5 Å². The molecular weight excluding hydrogens is 323 g/mol. The van der Waals surface area contributed by atoms with Crippen LogP contribution in [-0.4, -0.2) is 49.4 Å². The number of carbonyl (C=O) groups is 1. The van der Waals surface area contributed by atoms with Gasteiger partial charge in [-0.25, -0.2) is 0 Å². The lowest BCUT2D eigenvalue weighted by atomic mass is 9.81. The van der Waals surface area contributed by atoms with Gasteiger partial charge < -0.3 is 23.5 Å². The molecule has 6 nitrogen and oxygen atoms in total. The lowest BCUT2D eigenvalue weighted by Crippen LogP contribution is -2.41. The first-order valence-electron chi connectivity index (χ1n) is 9.24. The fourth-order valence-corrected chi connectivity index (χ4v) is 3.33. The van der Waals surface area contributed by atoms with Gasteiger partial charge in [0.25, 0.3) is 0 Å². The van der Waals surface area contributed by atoms with Gasteiger partial charge in [0.15, 0.2) is 5.79 Å². The van der Waals surface area contributed by atoms with Crippen LogP contribution in [0.1, 0.15) is 67.2 Å². The van der Waals surface area contributed by atoms with Crippen LogP contribution in [-0.2, 0) is 28.3 Å².